The Balaban J connectivity index is 1.51. The first-order valence-electron chi connectivity index (χ1n) is 8.36. The molecule has 2 heterocycles. The van der Waals surface area contributed by atoms with Crippen LogP contribution in [0.1, 0.15) is 17.7 Å². The molecule has 1 fully saturated rings. The van der Waals surface area contributed by atoms with E-state index in [0.717, 1.165) is 17.1 Å². The molecular weight excluding hydrogens is 320 g/mol. The van der Waals surface area contributed by atoms with Gasteiger partial charge in [0.05, 0.1) is 19.9 Å². The number of piperazine rings is 1. The number of methoxy groups -OCH3 is 1. The van der Waals surface area contributed by atoms with Crippen LogP contribution < -0.4 is 4.74 Å². The van der Waals surface area contributed by atoms with Gasteiger partial charge in [-0.25, -0.2) is 0 Å². The first-order chi connectivity index (χ1) is 12.2. The Morgan fingerprint density at radius 1 is 1.24 bits per heavy atom. The second-order valence-corrected chi connectivity index (χ2v) is 6.06. The van der Waals surface area contributed by atoms with Crippen LogP contribution in [0.4, 0.5) is 0 Å². The van der Waals surface area contributed by atoms with Gasteiger partial charge >= 0.3 is 0 Å². The van der Waals surface area contributed by atoms with Gasteiger partial charge in [0, 0.05) is 32.5 Å². The van der Waals surface area contributed by atoms with Gasteiger partial charge in [0.25, 0.3) is 0 Å². The first kappa shape index (κ1) is 17.1. The fourth-order valence-corrected chi connectivity index (χ4v) is 2.92. The van der Waals surface area contributed by atoms with Crippen molar-refractivity contribution in [3.8, 4) is 5.75 Å². The number of furan rings is 1. The van der Waals surface area contributed by atoms with E-state index in [2.05, 4.69) is 0 Å². The lowest BCUT2D eigenvalue weighted by atomic mass is 10.1. The van der Waals surface area contributed by atoms with E-state index in [-0.39, 0.29) is 18.4 Å². The average Bonchev–Trinajstić information content (AvgIpc) is 3.15. The third kappa shape index (κ3) is 4.41. The maximum atomic E-state index is 12.4. The van der Waals surface area contributed by atoms with Crippen LogP contribution in [-0.4, -0.2) is 48.4 Å². The van der Waals surface area contributed by atoms with E-state index in [4.69, 9.17) is 9.15 Å². The van der Waals surface area contributed by atoms with Crippen LogP contribution in [0, 0.1) is 0 Å². The van der Waals surface area contributed by atoms with Crippen molar-refractivity contribution < 1.29 is 18.7 Å². The highest BCUT2D eigenvalue weighted by molar-refractivity contribution is 5.86. The molecule has 2 amide bonds. The lowest BCUT2D eigenvalue weighted by Crippen LogP contribution is -2.51. The van der Waals surface area contributed by atoms with Crippen molar-refractivity contribution in [3.05, 3.63) is 54.0 Å². The first-order valence-corrected chi connectivity index (χ1v) is 8.36. The average molecular weight is 342 g/mol. The molecule has 3 rings (SSSR count). The standard InChI is InChI=1S/C19H22N2O4/c1-24-17-5-2-4-15(12-17)13-20-9-10-21(14-19(20)23)18(22)8-7-16-6-3-11-25-16/h2-6,11-12H,7-10,13-14H2,1H3. The molecule has 0 aliphatic carbocycles. The number of carbonyl (C=O) groups excluding carboxylic acids is 2. The number of carbonyl (C=O) groups is 2. The smallest absolute Gasteiger partial charge is 0.242 e. The van der Waals surface area contributed by atoms with Gasteiger partial charge < -0.3 is 19.0 Å². The van der Waals surface area contributed by atoms with Crippen LogP contribution >= 0.6 is 0 Å². The highest BCUT2D eigenvalue weighted by Gasteiger charge is 2.27. The molecule has 0 atom stereocenters. The number of amides is 2. The Hall–Kier alpha value is -2.76. The van der Waals surface area contributed by atoms with Crippen molar-refractivity contribution in [1.82, 2.24) is 9.80 Å². The van der Waals surface area contributed by atoms with Crippen LogP contribution in [0.15, 0.2) is 47.1 Å². The highest BCUT2D eigenvalue weighted by Crippen LogP contribution is 2.16. The quantitative estimate of drug-likeness (QED) is 0.806. The zero-order chi connectivity index (χ0) is 17.6. The van der Waals surface area contributed by atoms with E-state index in [1.165, 1.54) is 0 Å². The van der Waals surface area contributed by atoms with Gasteiger partial charge in [0.15, 0.2) is 0 Å². The Kier molecular flexibility index (Phi) is 5.38. The minimum Gasteiger partial charge on any atom is -0.497 e. The highest BCUT2D eigenvalue weighted by atomic mass is 16.5. The van der Waals surface area contributed by atoms with Gasteiger partial charge in [-0.15, -0.1) is 0 Å². The van der Waals surface area contributed by atoms with Crippen LogP contribution in [0.2, 0.25) is 0 Å². The summed E-state index contributed by atoms with van der Waals surface area (Å²) in [6.07, 6.45) is 2.52. The minimum absolute atomic E-state index is 0.00854. The van der Waals surface area contributed by atoms with Gasteiger partial charge in [0.1, 0.15) is 11.5 Å². The fourth-order valence-electron chi connectivity index (χ4n) is 2.92. The Bertz CT molecular complexity index is 727. The van der Waals surface area contributed by atoms with E-state index in [0.29, 0.717) is 32.5 Å². The molecule has 1 aromatic carbocycles. The molecular formula is C19H22N2O4. The van der Waals surface area contributed by atoms with Crippen molar-refractivity contribution in [1.29, 1.82) is 0 Å². The van der Waals surface area contributed by atoms with Gasteiger partial charge in [-0.05, 0) is 29.8 Å². The number of nitrogens with zero attached hydrogens (tertiary/aromatic N) is 2. The molecule has 0 bridgehead atoms. The Morgan fingerprint density at radius 2 is 2.12 bits per heavy atom. The second-order valence-electron chi connectivity index (χ2n) is 6.06. The van der Waals surface area contributed by atoms with E-state index in [9.17, 15) is 9.59 Å². The number of ether oxygens (including phenoxy) is 1. The van der Waals surface area contributed by atoms with E-state index in [1.54, 1.807) is 29.2 Å². The molecule has 0 spiro atoms. The minimum atomic E-state index is -0.0274. The third-order valence-electron chi connectivity index (χ3n) is 4.34. The molecule has 1 saturated heterocycles. The van der Waals surface area contributed by atoms with Crippen molar-refractivity contribution in [3.63, 3.8) is 0 Å². The number of benzene rings is 1. The Morgan fingerprint density at radius 3 is 2.84 bits per heavy atom. The molecule has 0 saturated carbocycles. The monoisotopic (exact) mass is 342 g/mol. The van der Waals surface area contributed by atoms with Crippen molar-refractivity contribution >= 4 is 11.8 Å². The summed E-state index contributed by atoms with van der Waals surface area (Å²) in [5.41, 5.74) is 1.02. The molecule has 0 radical (unpaired) electrons. The lowest BCUT2D eigenvalue weighted by Gasteiger charge is -2.34. The van der Waals surface area contributed by atoms with E-state index < -0.39 is 0 Å². The molecule has 0 N–H and O–H groups in total. The van der Waals surface area contributed by atoms with E-state index >= 15 is 0 Å². The molecule has 6 nitrogen and oxygen atoms in total. The van der Waals surface area contributed by atoms with Crippen molar-refractivity contribution in [2.75, 3.05) is 26.7 Å². The maximum Gasteiger partial charge on any atom is 0.242 e. The predicted molar refractivity (Wildman–Crippen MR) is 92.0 cm³/mol. The van der Waals surface area contributed by atoms with Gasteiger partial charge in [-0.3, -0.25) is 9.59 Å². The van der Waals surface area contributed by atoms with Crippen molar-refractivity contribution in [2.45, 2.75) is 19.4 Å². The van der Waals surface area contributed by atoms with Gasteiger partial charge in [0.2, 0.25) is 11.8 Å². The zero-order valence-corrected chi connectivity index (χ0v) is 14.3. The maximum absolute atomic E-state index is 12.4. The predicted octanol–water partition coefficient (Wildman–Crippen LogP) is 2.09. The molecule has 132 valence electrons. The van der Waals surface area contributed by atoms with Crippen molar-refractivity contribution in [2.24, 2.45) is 0 Å². The number of hydrogen-bond donors (Lipinski definition) is 0. The normalized spacial score (nSPS) is 14.7. The summed E-state index contributed by atoms with van der Waals surface area (Å²) in [5, 5.41) is 0. The molecule has 6 heteroatoms. The molecule has 1 aliphatic heterocycles. The summed E-state index contributed by atoms with van der Waals surface area (Å²) in [6, 6.07) is 11.3. The summed E-state index contributed by atoms with van der Waals surface area (Å²) < 4.78 is 10.5. The van der Waals surface area contributed by atoms with E-state index in [1.807, 2.05) is 30.3 Å². The summed E-state index contributed by atoms with van der Waals surface area (Å²) in [5.74, 6) is 1.53. The number of aryl methyl sites for hydroxylation is 1. The molecule has 2 aromatic rings. The molecule has 1 aromatic heterocycles. The fraction of sp³-hybridized carbons (Fsp3) is 0.368. The topological polar surface area (TPSA) is 63.0 Å². The Labute approximate surface area is 147 Å². The summed E-state index contributed by atoms with van der Waals surface area (Å²) in [6.45, 7) is 1.78. The largest absolute Gasteiger partial charge is 0.497 e. The molecule has 25 heavy (non-hydrogen) atoms. The third-order valence-corrected chi connectivity index (χ3v) is 4.34. The lowest BCUT2D eigenvalue weighted by molar-refractivity contribution is -0.145. The molecule has 0 unspecified atom stereocenters. The number of hydrogen-bond acceptors (Lipinski definition) is 4. The summed E-state index contributed by atoms with van der Waals surface area (Å²) in [7, 11) is 1.62. The SMILES string of the molecule is COc1cccc(CN2CCN(C(=O)CCc3ccco3)CC2=O)c1. The summed E-state index contributed by atoms with van der Waals surface area (Å²) >= 11 is 0. The zero-order valence-electron chi connectivity index (χ0n) is 14.3. The van der Waals surface area contributed by atoms with Gasteiger partial charge in [-0.1, -0.05) is 12.1 Å². The summed E-state index contributed by atoms with van der Waals surface area (Å²) in [4.78, 5) is 28.1. The van der Waals surface area contributed by atoms with Gasteiger partial charge in [-0.2, -0.15) is 0 Å². The second kappa shape index (κ2) is 7.88. The number of rotatable bonds is 6. The molecule has 1 aliphatic rings. The van der Waals surface area contributed by atoms with Crippen LogP contribution in [0.25, 0.3) is 0 Å². The van der Waals surface area contributed by atoms with Crippen LogP contribution in [0.3, 0.4) is 0 Å². The van der Waals surface area contributed by atoms with Crippen LogP contribution in [-0.2, 0) is 22.6 Å². The van der Waals surface area contributed by atoms with Crippen LogP contribution in [0.5, 0.6) is 5.75 Å².